The van der Waals surface area contributed by atoms with Crippen LogP contribution in [0, 0.1) is 11.8 Å². The summed E-state index contributed by atoms with van der Waals surface area (Å²) in [6.45, 7) is 10.2. The zero-order valence-electron chi connectivity index (χ0n) is 22.4. The van der Waals surface area contributed by atoms with Crippen LogP contribution in [0.25, 0.3) is 0 Å². The van der Waals surface area contributed by atoms with Crippen LogP contribution in [0.4, 0.5) is 23.5 Å². The first-order chi connectivity index (χ1) is 18.6. The number of rotatable bonds is 17. The van der Waals surface area contributed by atoms with Gasteiger partial charge in [0.25, 0.3) is 5.91 Å². The average Bonchev–Trinajstić information content (AvgIpc) is 2.93. The van der Waals surface area contributed by atoms with Crippen LogP contribution in [-0.4, -0.2) is 73.5 Å². The molecule has 11 nitrogen and oxygen atoms in total. The van der Waals surface area contributed by atoms with E-state index in [-0.39, 0.29) is 5.91 Å². The molecule has 2 aromatic rings. The van der Waals surface area contributed by atoms with Crippen LogP contribution in [0.5, 0.6) is 0 Å². The molecular weight excluding hydrogens is 484 g/mol. The SMILES string of the molecule is C=CCNc1nc(NCC2CCC(C)CC2)nc(Nc2ccc(C(=O)NCCOCCOCCN)cc2)n1. The van der Waals surface area contributed by atoms with Crippen molar-refractivity contribution >= 4 is 29.4 Å². The summed E-state index contributed by atoms with van der Waals surface area (Å²) in [5.74, 6) is 2.68. The van der Waals surface area contributed by atoms with E-state index in [9.17, 15) is 4.79 Å². The number of aromatic nitrogens is 3. The van der Waals surface area contributed by atoms with Gasteiger partial charge in [-0.3, -0.25) is 4.79 Å². The average molecular weight is 527 g/mol. The topological polar surface area (TPSA) is 148 Å². The van der Waals surface area contributed by atoms with Gasteiger partial charge in [-0.05, 0) is 48.9 Å². The third-order valence-corrected chi connectivity index (χ3v) is 6.29. The summed E-state index contributed by atoms with van der Waals surface area (Å²) in [5.41, 5.74) is 6.67. The maximum Gasteiger partial charge on any atom is 0.251 e. The van der Waals surface area contributed by atoms with Gasteiger partial charge >= 0.3 is 0 Å². The second-order valence-electron chi connectivity index (χ2n) is 9.45. The molecule has 6 N–H and O–H groups in total. The maximum absolute atomic E-state index is 12.4. The summed E-state index contributed by atoms with van der Waals surface area (Å²) in [6.07, 6.45) is 6.75. The molecule has 1 aromatic carbocycles. The van der Waals surface area contributed by atoms with Crippen molar-refractivity contribution in [3.8, 4) is 0 Å². The fourth-order valence-electron chi connectivity index (χ4n) is 4.10. The Balaban J connectivity index is 1.51. The Morgan fingerprint density at radius 2 is 1.63 bits per heavy atom. The molecule has 1 aliphatic carbocycles. The van der Waals surface area contributed by atoms with E-state index in [4.69, 9.17) is 15.2 Å². The zero-order valence-corrected chi connectivity index (χ0v) is 22.4. The molecule has 0 radical (unpaired) electrons. The third-order valence-electron chi connectivity index (χ3n) is 6.29. The van der Waals surface area contributed by atoms with Gasteiger partial charge in [0.2, 0.25) is 17.8 Å². The normalized spacial score (nSPS) is 17.0. The predicted molar refractivity (Wildman–Crippen MR) is 151 cm³/mol. The molecule has 0 aliphatic heterocycles. The largest absolute Gasteiger partial charge is 0.378 e. The van der Waals surface area contributed by atoms with Crippen molar-refractivity contribution in [3.05, 3.63) is 42.5 Å². The molecule has 11 heteroatoms. The molecule has 0 spiro atoms. The summed E-state index contributed by atoms with van der Waals surface area (Å²) in [5, 5.41) is 12.6. The zero-order chi connectivity index (χ0) is 27.0. The number of carbonyl (C=O) groups is 1. The van der Waals surface area contributed by atoms with E-state index in [0.29, 0.717) is 75.4 Å². The van der Waals surface area contributed by atoms with Gasteiger partial charge in [0.1, 0.15) is 0 Å². The summed E-state index contributed by atoms with van der Waals surface area (Å²) in [7, 11) is 0. The lowest BCUT2D eigenvalue weighted by Crippen LogP contribution is -2.27. The molecule has 1 fully saturated rings. The molecule has 0 unspecified atom stereocenters. The Kier molecular flexibility index (Phi) is 12.7. The van der Waals surface area contributed by atoms with Crippen LogP contribution in [0.2, 0.25) is 0 Å². The quantitative estimate of drug-likeness (QED) is 0.154. The number of hydrogen-bond acceptors (Lipinski definition) is 10. The molecule has 0 bridgehead atoms. The van der Waals surface area contributed by atoms with E-state index in [1.165, 1.54) is 25.7 Å². The highest BCUT2D eigenvalue weighted by atomic mass is 16.5. The van der Waals surface area contributed by atoms with E-state index >= 15 is 0 Å². The first-order valence-corrected chi connectivity index (χ1v) is 13.4. The minimum Gasteiger partial charge on any atom is -0.378 e. The molecule has 1 amide bonds. The molecule has 1 aromatic heterocycles. The predicted octanol–water partition coefficient (Wildman–Crippen LogP) is 3.17. The maximum atomic E-state index is 12.4. The summed E-state index contributed by atoms with van der Waals surface area (Å²) in [4.78, 5) is 25.9. The Hall–Kier alpha value is -3.28. The first-order valence-electron chi connectivity index (χ1n) is 13.4. The van der Waals surface area contributed by atoms with Crippen molar-refractivity contribution in [3.63, 3.8) is 0 Å². The van der Waals surface area contributed by atoms with Gasteiger partial charge in [-0.25, -0.2) is 0 Å². The molecule has 1 heterocycles. The summed E-state index contributed by atoms with van der Waals surface area (Å²) in [6, 6.07) is 7.13. The molecular formula is C27H42N8O3. The van der Waals surface area contributed by atoms with Crippen molar-refractivity contribution in [1.29, 1.82) is 0 Å². The standard InChI is InChI=1S/C27H42N8O3/c1-3-13-30-25-33-26(31-19-21-6-4-20(2)5-7-21)35-27(34-25)32-23-10-8-22(9-11-23)24(36)29-14-16-38-18-17-37-15-12-28/h3,8-11,20-21H,1,4-7,12-19,28H2,2H3,(H,29,36)(H3,30,31,32,33,34,35). The van der Waals surface area contributed by atoms with E-state index < -0.39 is 0 Å². The van der Waals surface area contributed by atoms with E-state index in [0.717, 1.165) is 18.2 Å². The van der Waals surface area contributed by atoms with Crippen LogP contribution in [0.15, 0.2) is 36.9 Å². The van der Waals surface area contributed by atoms with E-state index in [1.807, 2.05) is 12.1 Å². The number of hydrogen-bond donors (Lipinski definition) is 5. The minimum atomic E-state index is -0.167. The van der Waals surface area contributed by atoms with Crippen LogP contribution in [-0.2, 0) is 9.47 Å². The van der Waals surface area contributed by atoms with Crippen molar-refractivity contribution < 1.29 is 14.3 Å². The van der Waals surface area contributed by atoms with Gasteiger partial charge in [-0.15, -0.1) is 6.58 Å². The second kappa shape index (κ2) is 16.5. The van der Waals surface area contributed by atoms with Crippen LogP contribution in [0.3, 0.4) is 0 Å². The number of nitrogens with zero attached hydrogens (tertiary/aromatic N) is 3. The Bertz CT molecular complexity index is 981. The number of amides is 1. The molecule has 1 saturated carbocycles. The number of anilines is 4. The van der Waals surface area contributed by atoms with Crippen LogP contribution >= 0.6 is 0 Å². The fraction of sp³-hybridized carbons (Fsp3) is 0.556. The Morgan fingerprint density at radius 3 is 2.32 bits per heavy atom. The van der Waals surface area contributed by atoms with Crippen molar-refractivity contribution in [2.45, 2.75) is 32.6 Å². The Morgan fingerprint density at radius 1 is 0.974 bits per heavy atom. The number of nitrogens with one attached hydrogen (secondary N) is 4. The van der Waals surface area contributed by atoms with Crippen molar-refractivity contribution in [2.75, 3.05) is 68.6 Å². The lowest BCUT2D eigenvalue weighted by molar-refractivity contribution is 0.0511. The highest BCUT2D eigenvalue weighted by Crippen LogP contribution is 2.28. The molecule has 208 valence electrons. The van der Waals surface area contributed by atoms with Crippen LogP contribution < -0.4 is 27.0 Å². The lowest BCUT2D eigenvalue weighted by atomic mass is 9.83. The van der Waals surface area contributed by atoms with Crippen LogP contribution in [0.1, 0.15) is 43.0 Å². The number of nitrogens with two attached hydrogens (primary N) is 1. The van der Waals surface area contributed by atoms with E-state index in [2.05, 4.69) is 49.7 Å². The molecule has 0 atom stereocenters. The number of benzene rings is 1. The Labute approximate surface area is 225 Å². The molecule has 38 heavy (non-hydrogen) atoms. The lowest BCUT2D eigenvalue weighted by Gasteiger charge is -2.26. The van der Waals surface area contributed by atoms with Gasteiger partial charge in [0.15, 0.2) is 0 Å². The smallest absolute Gasteiger partial charge is 0.251 e. The highest BCUT2D eigenvalue weighted by Gasteiger charge is 2.18. The fourth-order valence-corrected chi connectivity index (χ4v) is 4.10. The molecule has 0 saturated heterocycles. The monoisotopic (exact) mass is 526 g/mol. The van der Waals surface area contributed by atoms with Crippen molar-refractivity contribution in [2.24, 2.45) is 17.6 Å². The van der Waals surface area contributed by atoms with Gasteiger partial charge < -0.3 is 36.5 Å². The van der Waals surface area contributed by atoms with Gasteiger partial charge in [-0.1, -0.05) is 25.8 Å². The molecule has 3 rings (SSSR count). The van der Waals surface area contributed by atoms with Gasteiger partial charge in [-0.2, -0.15) is 15.0 Å². The first kappa shape index (κ1) is 29.3. The summed E-state index contributed by atoms with van der Waals surface area (Å²) >= 11 is 0. The van der Waals surface area contributed by atoms with Gasteiger partial charge in [0, 0.05) is 37.4 Å². The third kappa shape index (κ3) is 10.6. The summed E-state index contributed by atoms with van der Waals surface area (Å²) < 4.78 is 10.7. The minimum absolute atomic E-state index is 0.167. The number of carbonyl (C=O) groups excluding carboxylic acids is 1. The molecule has 1 aliphatic rings. The van der Waals surface area contributed by atoms with Crippen molar-refractivity contribution in [1.82, 2.24) is 20.3 Å². The van der Waals surface area contributed by atoms with Gasteiger partial charge in [0.05, 0.1) is 26.4 Å². The van der Waals surface area contributed by atoms with E-state index in [1.54, 1.807) is 18.2 Å². The second-order valence-corrected chi connectivity index (χ2v) is 9.45. The highest BCUT2D eigenvalue weighted by molar-refractivity contribution is 5.94. The number of ether oxygens (including phenoxy) is 2.